The highest BCUT2D eigenvalue weighted by Gasteiger charge is 2.30. The predicted octanol–water partition coefficient (Wildman–Crippen LogP) is 31.3. The van der Waals surface area contributed by atoms with Crippen molar-refractivity contribution in [2.75, 3.05) is 39.6 Å². The molecule has 0 aromatic heterocycles. The zero-order valence-corrected chi connectivity index (χ0v) is 80.7. The molecule has 0 aliphatic rings. The normalized spacial score (nSPS) is 14.5. The quantitative estimate of drug-likeness (QED) is 0.0146. The lowest BCUT2D eigenvalue weighted by molar-refractivity contribution is -0.161. The third-order valence-electron chi connectivity index (χ3n) is 20.8. The zero-order chi connectivity index (χ0) is 90.7. The van der Waals surface area contributed by atoms with Gasteiger partial charge in [-0.05, 0) is 161 Å². The van der Waals surface area contributed by atoms with Crippen molar-refractivity contribution in [2.24, 2.45) is 0 Å². The second-order valence-corrected chi connectivity index (χ2v) is 35.7. The number of aliphatic hydroxyl groups excluding tert-OH is 2. The van der Waals surface area contributed by atoms with Crippen LogP contribution in [0.5, 0.6) is 0 Å². The monoisotopic (exact) mass is 1780 g/mol. The lowest BCUT2D eigenvalue weighted by atomic mass is 10.0. The molecular weight excluding hydrogens is 1600 g/mol. The van der Waals surface area contributed by atoms with Crippen LogP contribution in [0, 0.1) is 0 Å². The fourth-order valence-corrected chi connectivity index (χ4v) is 15.0. The fraction of sp³-hybridized carbons (Fsp3) is 0.673. The van der Waals surface area contributed by atoms with Crippen LogP contribution in [-0.2, 0) is 55.8 Å². The van der Waals surface area contributed by atoms with Crippen molar-refractivity contribution in [3.05, 3.63) is 194 Å². The van der Waals surface area contributed by atoms with Crippen molar-refractivity contribution in [2.45, 2.75) is 424 Å². The molecule has 0 aromatic rings. The van der Waals surface area contributed by atoms with Gasteiger partial charge in [0.15, 0.2) is 6.10 Å². The summed E-state index contributed by atoms with van der Waals surface area (Å²) in [6, 6.07) is 0. The molecule has 0 aliphatic carbocycles. The van der Waals surface area contributed by atoms with Gasteiger partial charge in [0.1, 0.15) is 25.4 Å². The highest BCUT2D eigenvalue weighted by molar-refractivity contribution is 7.47. The largest absolute Gasteiger partial charge is 0.472 e. The molecule has 0 aromatic carbocycles. The van der Waals surface area contributed by atoms with E-state index in [4.69, 9.17) is 32.3 Å². The van der Waals surface area contributed by atoms with E-state index in [2.05, 4.69) is 215 Å². The Morgan fingerprint density at radius 3 is 0.632 bits per heavy atom. The minimum atomic E-state index is -4.96. The summed E-state index contributed by atoms with van der Waals surface area (Å²) in [6.07, 6.45) is 131. The van der Waals surface area contributed by atoms with Crippen LogP contribution in [0.1, 0.15) is 406 Å². The van der Waals surface area contributed by atoms with Gasteiger partial charge in [0.25, 0.3) is 0 Å². The van der Waals surface area contributed by atoms with Gasteiger partial charge in [-0.1, -0.05) is 421 Å². The first-order valence-electron chi connectivity index (χ1n) is 49.7. The molecule has 4 N–H and O–H groups in total. The van der Waals surface area contributed by atoms with Crippen LogP contribution in [0.3, 0.4) is 0 Å². The maximum atomic E-state index is 13.1. The van der Waals surface area contributed by atoms with Crippen LogP contribution in [0.2, 0.25) is 0 Å². The van der Waals surface area contributed by atoms with Gasteiger partial charge in [-0.2, -0.15) is 0 Å². The first-order valence-corrected chi connectivity index (χ1v) is 52.7. The van der Waals surface area contributed by atoms with Crippen molar-refractivity contribution in [3.63, 3.8) is 0 Å². The number of hydrogen-bond donors (Lipinski definition) is 4. The Kier molecular flexibility index (Phi) is 93.1. The van der Waals surface area contributed by atoms with Gasteiger partial charge in [-0.15, -0.1) is 0 Å². The zero-order valence-electron chi connectivity index (χ0n) is 79.0. The number of phosphoric ester groups is 2. The van der Waals surface area contributed by atoms with Gasteiger partial charge in [0.05, 0.1) is 26.4 Å². The molecule has 0 amide bonds. The minimum absolute atomic E-state index is 0.0704. The van der Waals surface area contributed by atoms with Gasteiger partial charge >= 0.3 is 33.6 Å². The van der Waals surface area contributed by atoms with Gasteiger partial charge in [0, 0.05) is 19.3 Å². The molecule has 714 valence electrons. The third-order valence-corrected chi connectivity index (χ3v) is 22.7. The number of rotatable bonds is 93. The van der Waals surface area contributed by atoms with Gasteiger partial charge < -0.3 is 34.2 Å². The summed E-state index contributed by atoms with van der Waals surface area (Å²) in [5.74, 6) is -1.60. The molecule has 0 fully saturated rings. The van der Waals surface area contributed by atoms with Crippen LogP contribution in [0.15, 0.2) is 194 Å². The summed E-state index contributed by atoms with van der Waals surface area (Å²) < 4.78 is 61.6. The number of hydrogen-bond acceptors (Lipinski definition) is 14. The van der Waals surface area contributed by atoms with E-state index in [-0.39, 0.29) is 19.3 Å². The molecule has 5 unspecified atom stereocenters. The molecule has 0 saturated heterocycles. The number of allylic oxidation sites excluding steroid dienone is 32. The average molecular weight is 1780 g/mol. The molecule has 0 saturated carbocycles. The van der Waals surface area contributed by atoms with Crippen molar-refractivity contribution in [1.29, 1.82) is 0 Å². The van der Waals surface area contributed by atoms with E-state index in [1.807, 2.05) is 0 Å². The van der Waals surface area contributed by atoms with Gasteiger partial charge in [-0.25, -0.2) is 9.13 Å². The summed E-state index contributed by atoms with van der Waals surface area (Å²) >= 11 is 0. The molecule has 0 aliphatic heterocycles. The summed E-state index contributed by atoms with van der Waals surface area (Å²) in [7, 11) is -9.83. The number of esters is 3. The average Bonchev–Trinajstić information content (AvgIpc) is 0.901. The van der Waals surface area contributed by atoms with Crippen LogP contribution in [-0.4, -0.2) is 95.9 Å². The number of carbonyl (C=O) groups is 3. The predicted molar refractivity (Wildman–Crippen MR) is 528 cm³/mol. The van der Waals surface area contributed by atoms with Gasteiger partial charge in [0.2, 0.25) is 0 Å². The maximum Gasteiger partial charge on any atom is 0.472 e. The Labute approximate surface area is 763 Å². The highest BCUT2D eigenvalue weighted by atomic mass is 31.2. The van der Waals surface area contributed by atoms with E-state index in [0.717, 1.165) is 167 Å². The first-order chi connectivity index (χ1) is 61.2. The molecule has 0 spiro atoms. The molecule has 16 nitrogen and oxygen atoms in total. The lowest BCUT2D eigenvalue weighted by Gasteiger charge is -2.21. The van der Waals surface area contributed by atoms with Crippen LogP contribution >= 0.6 is 15.6 Å². The van der Waals surface area contributed by atoms with E-state index in [9.17, 15) is 43.5 Å². The molecule has 0 rings (SSSR count). The number of phosphoric acid groups is 2. The molecule has 0 bridgehead atoms. The van der Waals surface area contributed by atoms with E-state index >= 15 is 0 Å². The van der Waals surface area contributed by atoms with Crippen molar-refractivity contribution in [3.8, 4) is 0 Å². The Bertz CT molecular complexity index is 3050. The molecule has 125 heavy (non-hydrogen) atoms. The molecule has 0 heterocycles. The standard InChI is InChI=1S/C107H180O16P2/c1-4-7-10-13-16-19-22-25-28-31-34-37-40-42-44-46-48-50-52-54-56-58-61-63-66-69-72-75-78-81-84-87-90-93-105(110)117-96-102(108)97-119-124(113,114)120-98-103(109)99-121-125(115,116)122-101-104(123-107(112)95-92-89-86-83-80-77-74-71-68-65-60-39-36-33-30-27-24-21-18-15-12-9-6-3)100-118-106(111)94-91-88-85-82-79-76-73-70-67-64-62-59-57-55-53-51-49-47-45-43-41-38-35-32-29-26-23-20-17-14-11-8-5-2/h7-12,16-21,25-30,34-39,42-45,65,68,74,77,102-104,108-109H,4-6,13-15,22-24,31-33,40-41,46-64,66-67,69-73,75-76,78-101H2,1-3H3,(H,113,114)(H,115,116)/b10-7-,11-8-,12-9-,19-16-,20-17-,21-18-,28-25-,29-26-,30-27-,37-34-,38-35-,39-36-,44-42-,45-43-,68-65-,77-74-. The van der Waals surface area contributed by atoms with E-state index < -0.39 is 91.5 Å². The molecule has 5 atom stereocenters. The third kappa shape index (κ3) is 98.8. The summed E-state index contributed by atoms with van der Waals surface area (Å²) in [6.45, 7) is 2.36. The van der Waals surface area contributed by atoms with Gasteiger partial charge in [-0.3, -0.25) is 32.5 Å². The summed E-state index contributed by atoms with van der Waals surface area (Å²) in [4.78, 5) is 59.1. The van der Waals surface area contributed by atoms with Crippen LogP contribution in [0.25, 0.3) is 0 Å². The maximum absolute atomic E-state index is 13.1. The second kappa shape index (κ2) is 97.4. The Morgan fingerprint density at radius 2 is 0.400 bits per heavy atom. The van der Waals surface area contributed by atoms with E-state index in [1.165, 1.54) is 180 Å². The van der Waals surface area contributed by atoms with Crippen molar-refractivity contribution in [1.82, 2.24) is 0 Å². The highest BCUT2D eigenvalue weighted by Crippen LogP contribution is 2.45. The first kappa shape index (κ1) is 119. The Morgan fingerprint density at radius 1 is 0.224 bits per heavy atom. The number of unbranched alkanes of at least 4 members (excludes halogenated alkanes) is 38. The molecular formula is C107H180O16P2. The Balaban J connectivity index is 4.59. The topological polar surface area (TPSA) is 231 Å². The SMILES string of the molecule is CC/C=C\C/C=C\C/C=C\C/C=C\C/C=C\C/C=C\CCCCCCC(=O)OC(COC(=O)CCCCCCCCCCCCCCCCCCC/C=C\C/C=C\C/C=C\C/C=C\C/C=C\CC)COP(=O)(O)OCC(O)COP(=O)(O)OCC(O)COC(=O)CCCCCCCCCCCCCCCCCCC/C=C\C/C=C\C/C=C\C/C=C\C/C=C\CC. The van der Waals surface area contributed by atoms with Crippen LogP contribution < -0.4 is 0 Å². The number of aliphatic hydroxyl groups is 2. The molecule has 18 heteroatoms. The molecule has 0 radical (unpaired) electrons. The van der Waals surface area contributed by atoms with Crippen LogP contribution in [0.4, 0.5) is 0 Å². The van der Waals surface area contributed by atoms with Crippen molar-refractivity contribution >= 4 is 33.6 Å². The second-order valence-electron chi connectivity index (χ2n) is 32.8. The van der Waals surface area contributed by atoms with E-state index in [1.54, 1.807) is 0 Å². The summed E-state index contributed by atoms with van der Waals surface area (Å²) in [5.41, 5.74) is 0. The lowest BCUT2D eigenvalue weighted by Crippen LogP contribution is -2.30. The summed E-state index contributed by atoms with van der Waals surface area (Å²) in [5, 5.41) is 20.8. The van der Waals surface area contributed by atoms with Crippen molar-refractivity contribution < 1.29 is 75.8 Å². The smallest absolute Gasteiger partial charge is 0.463 e. The van der Waals surface area contributed by atoms with E-state index in [0.29, 0.717) is 19.3 Å². The minimum Gasteiger partial charge on any atom is -0.463 e. The number of ether oxygens (including phenoxy) is 3. The Hall–Kier alpha value is -5.61. The fourth-order valence-electron chi connectivity index (χ4n) is 13.4. The number of carbonyl (C=O) groups excluding carboxylic acids is 3.